The molecule has 2 N–H and O–H groups in total. The van der Waals surface area contributed by atoms with Crippen LogP contribution in [0.25, 0.3) is 0 Å². The largest absolute Gasteiger partial charge is 0.357 e. The van der Waals surface area contributed by atoms with Crippen LogP contribution in [0.4, 0.5) is 0 Å². The molecule has 0 aromatic rings. The van der Waals surface area contributed by atoms with Crippen molar-refractivity contribution in [3.05, 3.63) is 0 Å². The number of likely N-dealkylation sites (N-methyl/N-ethyl adjacent to an activating group) is 1. The highest BCUT2D eigenvalue weighted by Crippen LogP contribution is 2.22. The molecule has 1 saturated carbocycles. The Hall–Kier alpha value is -0.420. The molecule has 0 saturated heterocycles. The fourth-order valence-corrected chi connectivity index (χ4v) is 2.75. The molecule has 0 aliphatic heterocycles. The molecular weight excluding hydrogens is 280 g/mol. The molecule has 1 aliphatic carbocycles. The maximum absolute atomic E-state index is 4.71. The number of nitrogens with zero attached hydrogens (tertiary/aromatic N) is 2. The molecule has 0 aromatic heterocycles. The SMILES string of the molecule is CCNC(=NCC(C)(C)SC)NCCN(C)C1CCCC1. The molecule has 0 amide bonds. The number of hydrogen-bond donors (Lipinski definition) is 2. The molecule has 5 heteroatoms. The number of hydrogen-bond acceptors (Lipinski definition) is 3. The Kier molecular flexibility index (Phi) is 8.49. The molecule has 21 heavy (non-hydrogen) atoms. The first kappa shape index (κ1) is 18.6. The molecule has 124 valence electrons. The summed E-state index contributed by atoms with van der Waals surface area (Å²) in [7, 11) is 2.25. The van der Waals surface area contributed by atoms with Gasteiger partial charge >= 0.3 is 0 Å². The Morgan fingerprint density at radius 3 is 2.52 bits per heavy atom. The Morgan fingerprint density at radius 2 is 1.95 bits per heavy atom. The van der Waals surface area contributed by atoms with Crippen molar-refractivity contribution in [3.63, 3.8) is 0 Å². The summed E-state index contributed by atoms with van der Waals surface area (Å²) in [6.07, 6.45) is 7.68. The lowest BCUT2D eigenvalue weighted by Crippen LogP contribution is -2.43. The second-order valence-corrected chi connectivity index (χ2v) is 8.02. The van der Waals surface area contributed by atoms with E-state index in [1.54, 1.807) is 0 Å². The number of rotatable bonds is 8. The summed E-state index contributed by atoms with van der Waals surface area (Å²) < 4.78 is 0.197. The summed E-state index contributed by atoms with van der Waals surface area (Å²) in [5.41, 5.74) is 0. The third-order valence-corrected chi connectivity index (χ3v) is 5.45. The highest BCUT2D eigenvalue weighted by Gasteiger charge is 2.19. The Bertz CT molecular complexity index is 311. The van der Waals surface area contributed by atoms with Gasteiger partial charge in [0.1, 0.15) is 0 Å². The molecular formula is C16H34N4S. The summed E-state index contributed by atoms with van der Waals surface area (Å²) >= 11 is 1.86. The topological polar surface area (TPSA) is 39.7 Å². The van der Waals surface area contributed by atoms with Crippen LogP contribution in [0.1, 0.15) is 46.5 Å². The highest BCUT2D eigenvalue weighted by molar-refractivity contribution is 7.99. The predicted molar refractivity (Wildman–Crippen MR) is 96.5 cm³/mol. The van der Waals surface area contributed by atoms with E-state index < -0.39 is 0 Å². The van der Waals surface area contributed by atoms with E-state index in [2.05, 4.69) is 49.6 Å². The molecule has 1 rings (SSSR count). The van der Waals surface area contributed by atoms with Crippen LogP contribution in [0.5, 0.6) is 0 Å². The molecule has 0 unspecified atom stereocenters. The molecule has 0 spiro atoms. The van der Waals surface area contributed by atoms with E-state index >= 15 is 0 Å². The minimum absolute atomic E-state index is 0.197. The molecule has 1 fully saturated rings. The van der Waals surface area contributed by atoms with Crippen LogP contribution >= 0.6 is 11.8 Å². The molecule has 0 heterocycles. The standard InChI is InChI=1S/C16H34N4S/c1-6-17-15(19-13-16(2,3)21-5)18-11-12-20(4)14-9-7-8-10-14/h14H,6-13H2,1-5H3,(H2,17,18,19). The Labute approximate surface area is 135 Å². The van der Waals surface area contributed by atoms with Gasteiger partial charge in [-0.15, -0.1) is 0 Å². The van der Waals surface area contributed by atoms with E-state index in [-0.39, 0.29) is 4.75 Å². The van der Waals surface area contributed by atoms with Gasteiger partial charge in [0.25, 0.3) is 0 Å². The first-order chi connectivity index (χ1) is 9.98. The van der Waals surface area contributed by atoms with Crippen molar-refractivity contribution >= 4 is 17.7 Å². The van der Waals surface area contributed by atoms with E-state index in [9.17, 15) is 0 Å². The molecule has 0 aromatic carbocycles. The van der Waals surface area contributed by atoms with Crippen molar-refractivity contribution in [2.45, 2.75) is 57.2 Å². The highest BCUT2D eigenvalue weighted by atomic mass is 32.2. The molecule has 0 radical (unpaired) electrons. The van der Waals surface area contributed by atoms with Crippen molar-refractivity contribution < 1.29 is 0 Å². The zero-order valence-electron chi connectivity index (χ0n) is 14.5. The fraction of sp³-hybridized carbons (Fsp3) is 0.938. The number of guanidine groups is 1. The zero-order chi connectivity index (χ0) is 15.7. The van der Waals surface area contributed by atoms with Gasteiger partial charge < -0.3 is 15.5 Å². The summed E-state index contributed by atoms with van der Waals surface area (Å²) in [5, 5.41) is 6.79. The van der Waals surface area contributed by atoms with Gasteiger partial charge in [-0.05, 0) is 46.9 Å². The van der Waals surface area contributed by atoms with E-state index in [0.29, 0.717) is 0 Å². The maximum Gasteiger partial charge on any atom is 0.191 e. The van der Waals surface area contributed by atoms with Crippen LogP contribution in [0.15, 0.2) is 4.99 Å². The first-order valence-corrected chi connectivity index (χ1v) is 9.48. The minimum Gasteiger partial charge on any atom is -0.357 e. The van der Waals surface area contributed by atoms with Gasteiger partial charge in [-0.2, -0.15) is 11.8 Å². The quantitative estimate of drug-likeness (QED) is 0.533. The van der Waals surface area contributed by atoms with Gasteiger partial charge in [0.05, 0.1) is 6.54 Å². The second kappa shape index (κ2) is 9.57. The molecule has 4 nitrogen and oxygen atoms in total. The zero-order valence-corrected chi connectivity index (χ0v) is 15.4. The normalized spacial score (nSPS) is 17.5. The van der Waals surface area contributed by atoms with Crippen molar-refractivity contribution in [2.75, 3.05) is 39.5 Å². The summed E-state index contributed by atoms with van der Waals surface area (Å²) in [6, 6.07) is 0.793. The smallest absolute Gasteiger partial charge is 0.191 e. The molecule has 1 aliphatic rings. The third kappa shape index (κ3) is 7.41. The van der Waals surface area contributed by atoms with Gasteiger partial charge in [0.15, 0.2) is 5.96 Å². The molecule has 0 bridgehead atoms. The Balaban J connectivity index is 2.34. The second-order valence-electron chi connectivity index (χ2n) is 6.50. The van der Waals surface area contributed by atoms with Crippen LogP contribution in [0, 0.1) is 0 Å². The molecule has 0 atom stereocenters. The summed E-state index contributed by atoms with van der Waals surface area (Å²) in [5.74, 6) is 0.944. The van der Waals surface area contributed by atoms with Gasteiger partial charge in [0.2, 0.25) is 0 Å². The van der Waals surface area contributed by atoms with Crippen LogP contribution < -0.4 is 10.6 Å². The fourth-order valence-electron chi connectivity index (χ4n) is 2.55. The average Bonchev–Trinajstić information content (AvgIpc) is 2.99. The van der Waals surface area contributed by atoms with E-state index in [1.807, 2.05) is 11.8 Å². The predicted octanol–water partition coefficient (Wildman–Crippen LogP) is 2.56. The van der Waals surface area contributed by atoms with Crippen LogP contribution in [0.3, 0.4) is 0 Å². The van der Waals surface area contributed by atoms with Gasteiger partial charge in [0, 0.05) is 30.4 Å². The number of aliphatic imine (C=N–C) groups is 1. The van der Waals surface area contributed by atoms with Crippen molar-refractivity contribution in [1.82, 2.24) is 15.5 Å². The van der Waals surface area contributed by atoms with Crippen molar-refractivity contribution in [3.8, 4) is 0 Å². The maximum atomic E-state index is 4.71. The summed E-state index contributed by atoms with van der Waals surface area (Å²) in [6.45, 7) is 10.4. The van der Waals surface area contributed by atoms with Crippen LogP contribution in [-0.2, 0) is 0 Å². The van der Waals surface area contributed by atoms with Crippen molar-refractivity contribution in [2.24, 2.45) is 4.99 Å². The number of nitrogens with one attached hydrogen (secondary N) is 2. The van der Waals surface area contributed by atoms with Crippen molar-refractivity contribution in [1.29, 1.82) is 0 Å². The number of thioether (sulfide) groups is 1. The van der Waals surface area contributed by atoms with Gasteiger partial charge in [-0.25, -0.2) is 0 Å². The van der Waals surface area contributed by atoms with Gasteiger partial charge in [-0.3, -0.25) is 4.99 Å². The monoisotopic (exact) mass is 314 g/mol. The first-order valence-electron chi connectivity index (χ1n) is 8.26. The van der Waals surface area contributed by atoms with E-state index in [0.717, 1.165) is 38.2 Å². The lowest BCUT2D eigenvalue weighted by molar-refractivity contribution is 0.249. The lowest BCUT2D eigenvalue weighted by Gasteiger charge is -2.25. The van der Waals surface area contributed by atoms with E-state index in [1.165, 1.54) is 25.7 Å². The summed E-state index contributed by atoms with van der Waals surface area (Å²) in [4.78, 5) is 7.20. The van der Waals surface area contributed by atoms with E-state index in [4.69, 9.17) is 4.99 Å². The average molecular weight is 315 g/mol. The van der Waals surface area contributed by atoms with Crippen LogP contribution in [-0.4, -0.2) is 61.1 Å². The lowest BCUT2D eigenvalue weighted by atomic mass is 10.2. The van der Waals surface area contributed by atoms with Gasteiger partial charge in [-0.1, -0.05) is 12.8 Å². The minimum atomic E-state index is 0.197. The van der Waals surface area contributed by atoms with Crippen LogP contribution in [0.2, 0.25) is 0 Å². The Morgan fingerprint density at radius 1 is 1.29 bits per heavy atom. The third-order valence-electron chi connectivity index (χ3n) is 4.22.